The Bertz CT molecular complexity index is 462. The van der Waals surface area contributed by atoms with Crippen LogP contribution in [0, 0.1) is 0 Å². The van der Waals surface area contributed by atoms with Gasteiger partial charge >= 0.3 is 5.97 Å². The minimum atomic E-state index is -0.671. The third-order valence-electron chi connectivity index (χ3n) is 2.00. The molecule has 0 aliphatic heterocycles. The number of ether oxygens (including phenoxy) is 1. The van der Waals surface area contributed by atoms with E-state index in [2.05, 4.69) is 4.98 Å². The average molecular weight is 218 g/mol. The molecule has 0 bridgehead atoms. The van der Waals surface area contributed by atoms with Crippen LogP contribution in [-0.2, 0) is 4.79 Å². The second-order valence-corrected chi connectivity index (χ2v) is 3.10. The minimum Gasteiger partial charge on any atom is -0.425 e. The van der Waals surface area contributed by atoms with E-state index in [-0.39, 0.29) is 0 Å². The maximum absolute atomic E-state index is 10.8. The first-order valence-corrected chi connectivity index (χ1v) is 4.69. The molecular formula is C11H10N2O3. The van der Waals surface area contributed by atoms with Crippen molar-refractivity contribution in [2.75, 3.05) is 6.61 Å². The summed E-state index contributed by atoms with van der Waals surface area (Å²) in [5, 5.41) is 8.51. The molecule has 0 radical (unpaired) electrons. The molecule has 0 aliphatic carbocycles. The summed E-state index contributed by atoms with van der Waals surface area (Å²) in [7, 11) is 0. The van der Waals surface area contributed by atoms with Crippen LogP contribution < -0.4 is 4.74 Å². The maximum atomic E-state index is 10.8. The Morgan fingerprint density at radius 1 is 1.38 bits per heavy atom. The normalized spacial score (nSPS) is 10.1. The van der Waals surface area contributed by atoms with Crippen LogP contribution >= 0.6 is 0 Å². The zero-order chi connectivity index (χ0) is 11.4. The Morgan fingerprint density at radius 3 is 2.69 bits per heavy atom. The highest BCUT2D eigenvalue weighted by Crippen LogP contribution is 2.14. The number of nitrogens with zero attached hydrogens (tertiary/aromatic N) is 2. The van der Waals surface area contributed by atoms with Gasteiger partial charge in [-0.3, -0.25) is 0 Å². The summed E-state index contributed by atoms with van der Waals surface area (Å²) in [4.78, 5) is 14.7. The van der Waals surface area contributed by atoms with Crippen LogP contribution in [0.15, 0.2) is 43.0 Å². The fraction of sp³-hybridized carbons (Fsp3) is 0.0909. The Labute approximate surface area is 91.9 Å². The highest BCUT2D eigenvalue weighted by atomic mass is 16.5. The molecule has 2 aromatic rings. The van der Waals surface area contributed by atoms with Crippen LogP contribution in [0.1, 0.15) is 0 Å². The molecule has 0 saturated carbocycles. The number of aliphatic hydroxyl groups excluding tert-OH is 1. The summed E-state index contributed by atoms with van der Waals surface area (Å²) in [5.74, 6) is -0.265. The first-order valence-electron chi connectivity index (χ1n) is 4.69. The van der Waals surface area contributed by atoms with Gasteiger partial charge in [0.05, 0.1) is 6.33 Å². The van der Waals surface area contributed by atoms with Crippen LogP contribution in [0.2, 0.25) is 0 Å². The summed E-state index contributed by atoms with van der Waals surface area (Å²) in [5.41, 5.74) is 0.918. The lowest BCUT2D eigenvalue weighted by Gasteiger charge is -2.04. The monoisotopic (exact) mass is 218 g/mol. The molecule has 82 valence electrons. The van der Waals surface area contributed by atoms with E-state index in [1.165, 1.54) is 0 Å². The van der Waals surface area contributed by atoms with Crippen LogP contribution in [0.4, 0.5) is 0 Å². The lowest BCUT2D eigenvalue weighted by Crippen LogP contribution is -2.12. The maximum Gasteiger partial charge on any atom is 0.337 e. The van der Waals surface area contributed by atoms with Crippen LogP contribution in [-0.4, -0.2) is 27.2 Å². The number of esters is 1. The lowest BCUT2D eigenvalue weighted by atomic mass is 10.3. The molecule has 2 rings (SSSR count). The zero-order valence-corrected chi connectivity index (χ0v) is 8.41. The zero-order valence-electron chi connectivity index (χ0n) is 8.41. The number of imidazole rings is 1. The number of aromatic nitrogens is 2. The Morgan fingerprint density at radius 2 is 2.12 bits per heavy atom. The standard InChI is InChI=1S/C11H10N2O3/c14-7-11(15)16-10-3-1-9(2-4-10)13-6-5-12-8-13/h1-6,8,14H,7H2. The smallest absolute Gasteiger partial charge is 0.337 e. The van der Waals surface area contributed by atoms with Crippen molar-refractivity contribution in [3.63, 3.8) is 0 Å². The Hall–Kier alpha value is -2.14. The van der Waals surface area contributed by atoms with Gasteiger partial charge in [0.1, 0.15) is 12.4 Å². The summed E-state index contributed by atoms with van der Waals surface area (Å²) in [6.45, 7) is -0.622. The minimum absolute atomic E-state index is 0.405. The highest BCUT2D eigenvalue weighted by Gasteiger charge is 2.02. The van der Waals surface area contributed by atoms with Gasteiger partial charge in [0.15, 0.2) is 0 Å². The van der Waals surface area contributed by atoms with E-state index in [4.69, 9.17) is 9.84 Å². The van der Waals surface area contributed by atoms with Crippen LogP contribution in [0.5, 0.6) is 5.75 Å². The van der Waals surface area contributed by atoms with Crippen molar-refractivity contribution in [3.05, 3.63) is 43.0 Å². The second kappa shape index (κ2) is 4.59. The Kier molecular flexibility index (Phi) is 2.98. The van der Waals surface area contributed by atoms with Crippen molar-refractivity contribution in [2.24, 2.45) is 0 Å². The number of benzene rings is 1. The summed E-state index contributed by atoms with van der Waals surface area (Å²) in [6, 6.07) is 6.90. The molecule has 0 fully saturated rings. The number of hydrogen-bond donors (Lipinski definition) is 1. The van der Waals surface area contributed by atoms with Gasteiger partial charge in [-0.25, -0.2) is 9.78 Å². The van der Waals surface area contributed by atoms with Gasteiger partial charge in [-0.2, -0.15) is 0 Å². The lowest BCUT2D eigenvalue weighted by molar-refractivity contribution is -0.137. The van der Waals surface area contributed by atoms with E-state index in [0.29, 0.717) is 5.75 Å². The first-order chi connectivity index (χ1) is 7.79. The second-order valence-electron chi connectivity index (χ2n) is 3.10. The van der Waals surface area contributed by atoms with E-state index >= 15 is 0 Å². The van der Waals surface area contributed by atoms with Crippen LogP contribution in [0.3, 0.4) is 0 Å². The molecule has 0 spiro atoms. The number of carbonyl (C=O) groups excluding carboxylic acids is 1. The number of carbonyl (C=O) groups is 1. The topological polar surface area (TPSA) is 64.3 Å². The summed E-state index contributed by atoms with van der Waals surface area (Å²) in [6.07, 6.45) is 5.17. The van der Waals surface area contributed by atoms with Crippen molar-refractivity contribution in [3.8, 4) is 11.4 Å². The van der Waals surface area contributed by atoms with Crippen molar-refractivity contribution < 1.29 is 14.6 Å². The summed E-state index contributed by atoms with van der Waals surface area (Å²) < 4.78 is 6.65. The molecule has 0 unspecified atom stereocenters. The van der Waals surface area contributed by atoms with E-state index in [0.717, 1.165) is 5.69 Å². The van der Waals surface area contributed by atoms with Gasteiger partial charge < -0.3 is 14.4 Å². The van der Waals surface area contributed by atoms with Gasteiger partial charge in [0, 0.05) is 18.1 Å². The SMILES string of the molecule is O=C(CO)Oc1ccc(-n2ccnc2)cc1. The van der Waals surface area contributed by atoms with E-state index in [1.807, 2.05) is 10.8 Å². The molecule has 1 aromatic carbocycles. The third-order valence-corrected chi connectivity index (χ3v) is 2.00. The predicted octanol–water partition coefficient (Wildman–Crippen LogP) is 0.770. The molecular weight excluding hydrogens is 208 g/mol. The van der Waals surface area contributed by atoms with Gasteiger partial charge in [-0.1, -0.05) is 0 Å². The molecule has 1 N–H and O–H groups in total. The number of aliphatic hydroxyl groups is 1. The number of rotatable bonds is 3. The van der Waals surface area contributed by atoms with Gasteiger partial charge in [0.25, 0.3) is 0 Å². The molecule has 0 aliphatic rings. The van der Waals surface area contributed by atoms with Gasteiger partial charge in [-0.05, 0) is 24.3 Å². The first kappa shape index (κ1) is 10.4. The predicted molar refractivity (Wildman–Crippen MR) is 56.3 cm³/mol. The van der Waals surface area contributed by atoms with Crippen molar-refractivity contribution in [1.82, 2.24) is 9.55 Å². The molecule has 16 heavy (non-hydrogen) atoms. The molecule has 0 atom stereocenters. The molecule has 1 heterocycles. The number of hydrogen-bond acceptors (Lipinski definition) is 4. The van der Waals surface area contributed by atoms with Gasteiger partial charge in [-0.15, -0.1) is 0 Å². The fourth-order valence-electron chi connectivity index (χ4n) is 1.26. The fourth-order valence-corrected chi connectivity index (χ4v) is 1.26. The third kappa shape index (κ3) is 2.26. The van der Waals surface area contributed by atoms with Crippen molar-refractivity contribution >= 4 is 5.97 Å². The van der Waals surface area contributed by atoms with Gasteiger partial charge in [0.2, 0.25) is 0 Å². The molecule has 0 saturated heterocycles. The van der Waals surface area contributed by atoms with E-state index in [9.17, 15) is 4.79 Å². The highest BCUT2D eigenvalue weighted by molar-refractivity contribution is 5.73. The molecule has 5 nitrogen and oxygen atoms in total. The van der Waals surface area contributed by atoms with Crippen molar-refractivity contribution in [2.45, 2.75) is 0 Å². The van der Waals surface area contributed by atoms with Crippen molar-refractivity contribution in [1.29, 1.82) is 0 Å². The average Bonchev–Trinajstić information content (AvgIpc) is 2.83. The van der Waals surface area contributed by atoms with Crippen LogP contribution in [0.25, 0.3) is 5.69 Å². The Balaban J connectivity index is 2.14. The largest absolute Gasteiger partial charge is 0.425 e. The summed E-state index contributed by atoms with van der Waals surface area (Å²) >= 11 is 0. The van der Waals surface area contributed by atoms with E-state index in [1.54, 1.807) is 36.8 Å². The quantitative estimate of drug-likeness (QED) is 0.610. The van der Waals surface area contributed by atoms with E-state index < -0.39 is 12.6 Å². The molecule has 5 heteroatoms. The molecule has 1 aromatic heterocycles. The molecule has 0 amide bonds.